The van der Waals surface area contributed by atoms with Crippen LogP contribution in [0.1, 0.15) is 62.8 Å². The van der Waals surface area contributed by atoms with E-state index in [0.717, 1.165) is 19.3 Å². The second-order valence-electron chi connectivity index (χ2n) is 8.95. The molecule has 0 aliphatic heterocycles. The first-order valence-corrected chi connectivity index (χ1v) is 11.3. The third-order valence-electron chi connectivity index (χ3n) is 6.33. The molecule has 9 nitrogen and oxygen atoms in total. The molecule has 0 spiro atoms. The lowest BCUT2D eigenvalue weighted by atomic mass is 9.82. The van der Waals surface area contributed by atoms with Crippen molar-refractivity contribution in [3.63, 3.8) is 0 Å². The predicted octanol–water partition coefficient (Wildman–Crippen LogP) is 3.75. The molecule has 0 bridgehead atoms. The second kappa shape index (κ2) is 9.38. The molecule has 0 unspecified atom stereocenters. The molecule has 0 radical (unpaired) electrons. The summed E-state index contributed by atoms with van der Waals surface area (Å²) in [7, 11) is 3.26. The Morgan fingerprint density at radius 2 is 2.03 bits per heavy atom. The number of ether oxygens (including phenoxy) is 2. The first-order chi connectivity index (χ1) is 15.3. The fourth-order valence-corrected chi connectivity index (χ4v) is 4.23. The van der Waals surface area contributed by atoms with Gasteiger partial charge in [0.05, 0.1) is 12.7 Å². The largest absolute Gasteiger partial charge is 0.473 e. The van der Waals surface area contributed by atoms with Crippen LogP contribution in [0.15, 0.2) is 6.20 Å². The third kappa shape index (κ3) is 4.99. The Balaban J connectivity index is 1.41. The summed E-state index contributed by atoms with van der Waals surface area (Å²) in [5, 5.41) is 8.23. The number of rotatable bonds is 7. The number of carbonyl (C=O) groups is 1. The van der Waals surface area contributed by atoms with Crippen LogP contribution in [0.4, 0.5) is 9.18 Å². The Hall–Kier alpha value is -2.78. The predicted molar refractivity (Wildman–Crippen MR) is 115 cm³/mol. The van der Waals surface area contributed by atoms with E-state index in [4.69, 9.17) is 9.47 Å². The molecule has 0 N–H and O–H groups in total. The number of hydrogen-bond donors (Lipinski definition) is 0. The van der Waals surface area contributed by atoms with Crippen LogP contribution in [0.3, 0.4) is 0 Å². The number of carbonyl (C=O) groups excluding carboxylic acids is 1. The molecule has 1 amide bonds. The van der Waals surface area contributed by atoms with Gasteiger partial charge in [0.2, 0.25) is 5.88 Å². The van der Waals surface area contributed by atoms with Gasteiger partial charge in [-0.2, -0.15) is 0 Å². The van der Waals surface area contributed by atoms with Gasteiger partial charge in [0.1, 0.15) is 41.2 Å². The van der Waals surface area contributed by atoms with Crippen LogP contribution in [-0.4, -0.2) is 61.3 Å². The van der Waals surface area contributed by atoms with Gasteiger partial charge in [-0.1, -0.05) is 11.6 Å². The van der Waals surface area contributed by atoms with Gasteiger partial charge in [0.25, 0.3) is 0 Å². The van der Waals surface area contributed by atoms with Crippen molar-refractivity contribution in [1.82, 2.24) is 29.9 Å². The monoisotopic (exact) mass is 446 g/mol. The molecule has 0 saturated heterocycles. The number of hydrogen-bond acceptors (Lipinski definition) is 7. The summed E-state index contributed by atoms with van der Waals surface area (Å²) in [6, 6.07) is 0. The van der Waals surface area contributed by atoms with Gasteiger partial charge in [-0.3, -0.25) is 0 Å². The molecule has 2 aromatic rings. The minimum atomic E-state index is -1.29. The minimum Gasteiger partial charge on any atom is -0.473 e. The van der Waals surface area contributed by atoms with E-state index in [0.29, 0.717) is 41.5 Å². The van der Waals surface area contributed by atoms with E-state index in [1.165, 1.54) is 28.8 Å². The van der Waals surface area contributed by atoms with E-state index in [1.807, 2.05) is 6.92 Å². The summed E-state index contributed by atoms with van der Waals surface area (Å²) in [5.74, 6) is 0.537. The van der Waals surface area contributed by atoms with Gasteiger partial charge in [-0.05, 0) is 51.9 Å². The molecular weight excluding hydrogens is 415 g/mol. The van der Waals surface area contributed by atoms with Crippen LogP contribution < -0.4 is 4.74 Å². The molecule has 2 saturated carbocycles. The first kappa shape index (κ1) is 22.4. The van der Waals surface area contributed by atoms with Crippen LogP contribution in [0.5, 0.6) is 5.88 Å². The van der Waals surface area contributed by atoms with Gasteiger partial charge < -0.3 is 14.4 Å². The summed E-state index contributed by atoms with van der Waals surface area (Å²) >= 11 is 0. The van der Waals surface area contributed by atoms with Crippen LogP contribution in [0, 0.1) is 6.92 Å². The number of alkyl halides is 1. The summed E-state index contributed by atoms with van der Waals surface area (Å²) in [5.41, 5.74) is 0.990. The fourth-order valence-electron chi connectivity index (χ4n) is 4.23. The summed E-state index contributed by atoms with van der Waals surface area (Å²) in [6.07, 6.45) is 8.74. The number of aryl methyl sites for hydroxylation is 2. The van der Waals surface area contributed by atoms with Crippen LogP contribution in [-0.2, 0) is 18.4 Å². The van der Waals surface area contributed by atoms with Crippen molar-refractivity contribution >= 4 is 6.09 Å². The maximum Gasteiger partial charge on any atom is 0.409 e. The molecule has 0 aromatic carbocycles. The van der Waals surface area contributed by atoms with E-state index >= 15 is 0 Å². The summed E-state index contributed by atoms with van der Waals surface area (Å²) in [6.45, 7) is 1.84. The lowest BCUT2D eigenvalue weighted by molar-refractivity contribution is 0.0211. The molecule has 2 aliphatic carbocycles. The number of nitrogens with zero attached hydrogens (tertiary/aromatic N) is 6. The maximum absolute atomic E-state index is 14.3. The Bertz CT molecular complexity index is 955. The first-order valence-electron chi connectivity index (χ1n) is 11.3. The van der Waals surface area contributed by atoms with Crippen molar-refractivity contribution in [2.24, 2.45) is 7.05 Å². The molecule has 4 rings (SSSR count). The van der Waals surface area contributed by atoms with E-state index in [2.05, 4.69) is 20.3 Å². The van der Waals surface area contributed by atoms with Crippen LogP contribution in [0.2, 0.25) is 0 Å². The minimum absolute atomic E-state index is 0.0372. The van der Waals surface area contributed by atoms with Gasteiger partial charge in [-0.25, -0.2) is 23.8 Å². The Labute approximate surface area is 187 Å². The third-order valence-corrected chi connectivity index (χ3v) is 6.33. The average Bonchev–Trinajstić information content (AvgIpc) is 3.13. The zero-order valence-corrected chi connectivity index (χ0v) is 19.0. The van der Waals surface area contributed by atoms with Gasteiger partial charge in [-0.15, -0.1) is 5.10 Å². The summed E-state index contributed by atoms with van der Waals surface area (Å²) < 4.78 is 27.3. The maximum atomic E-state index is 14.3. The molecule has 174 valence electrons. The molecule has 32 heavy (non-hydrogen) atoms. The van der Waals surface area contributed by atoms with Crippen molar-refractivity contribution in [2.45, 2.75) is 76.7 Å². The van der Waals surface area contributed by atoms with E-state index in [9.17, 15) is 9.18 Å². The standard InChI is InChI=1S/C22H31FN6O3/c1-15-20(32-16-8-5-4-6-9-16)24-12-17(25-15)19-18(29(3)27-26-19)13-31-21(30)28(2)14-22(23)10-7-11-22/h12,16H,4-11,13-14H2,1-3H3. The zero-order chi connectivity index (χ0) is 22.7. The van der Waals surface area contributed by atoms with E-state index in [-0.39, 0.29) is 19.3 Å². The van der Waals surface area contributed by atoms with Crippen molar-refractivity contribution in [3.8, 4) is 17.3 Å². The second-order valence-corrected chi connectivity index (χ2v) is 8.95. The topological polar surface area (TPSA) is 95.3 Å². The zero-order valence-electron chi connectivity index (χ0n) is 19.0. The lowest BCUT2D eigenvalue weighted by Gasteiger charge is -2.36. The highest BCUT2D eigenvalue weighted by Gasteiger charge is 2.39. The quantitative estimate of drug-likeness (QED) is 0.639. The molecule has 2 aliphatic rings. The van der Waals surface area contributed by atoms with E-state index < -0.39 is 11.8 Å². The van der Waals surface area contributed by atoms with Crippen LogP contribution in [0.25, 0.3) is 11.4 Å². The van der Waals surface area contributed by atoms with Gasteiger partial charge in [0, 0.05) is 14.1 Å². The van der Waals surface area contributed by atoms with E-state index in [1.54, 1.807) is 20.3 Å². The molecule has 2 fully saturated rings. The lowest BCUT2D eigenvalue weighted by Crippen LogP contribution is -2.45. The van der Waals surface area contributed by atoms with Crippen LogP contribution >= 0.6 is 0 Å². The SMILES string of the molecule is Cc1nc(-c2nnn(C)c2COC(=O)N(C)CC2(F)CCC2)cnc1OC1CCCCC1. The Morgan fingerprint density at radius 3 is 2.69 bits per heavy atom. The molecule has 0 atom stereocenters. The number of amides is 1. The Morgan fingerprint density at radius 1 is 1.28 bits per heavy atom. The van der Waals surface area contributed by atoms with Gasteiger partial charge in [0.15, 0.2) is 0 Å². The van der Waals surface area contributed by atoms with Crippen molar-refractivity contribution < 1.29 is 18.7 Å². The van der Waals surface area contributed by atoms with Gasteiger partial charge >= 0.3 is 6.09 Å². The van der Waals surface area contributed by atoms with Crippen molar-refractivity contribution in [3.05, 3.63) is 17.6 Å². The normalized spacial score (nSPS) is 18.1. The highest BCUT2D eigenvalue weighted by atomic mass is 19.1. The number of halogens is 1. The average molecular weight is 447 g/mol. The number of aromatic nitrogens is 5. The highest BCUT2D eigenvalue weighted by Crippen LogP contribution is 2.36. The highest BCUT2D eigenvalue weighted by molar-refractivity contribution is 5.67. The summed E-state index contributed by atoms with van der Waals surface area (Å²) in [4.78, 5) is 22.7. The molecule has 2 aromatic heterocycles. The fraction of sp³-hybridized carbons (Fsp3) is 0.682. The molecule has 10 heteroatoms. The molecule has 2 heterocycles. The smallest absolute Gasteiger partial charge is 0.409 e. The Kier molecular flexibility index (Phi) is 6.57. The van der Waals surface area contributed by atoms with Crippen molar-refractivity contribution in [1.29, 1.82) is 0 Å². The van der Waals surface area contributed by atoms with Crippen molar-refractivity contribution in [2.75, 3.05) is 13.6 Å². The molecular formula is C22H31FN6O3.